The zero-order valence-electron chi connectivity index (χ0n) is 11.1. The Morgan fingerprint density at radius 1 is 1.38 bits per heavy atom. The molecule has 0 aliphatic heterocycles. The Morgan fingerprint density at radius 2 is 2.12 bits per heavy atom. The molecule has 0 saturated carbocycles. The number of rotatable bonds is 6. The Kier molecular flexibility index (Phi) is 5.30. The van der Waals surface area contributed by atoms with Crippen molar-refractivity contribution in [3.63, 3.8) is 0 Å². The lowest BCUT2D eigenvalue weighted by Gasteiger charge is -2.04. The molecule has 0 N–H and O–H groups in total. The van der Waals surface area contributed by atoms with E-state index < -0.39 is 0 Å². The van der Waals surface area contributed by atoms with Crippen molar-refractivity contribution in [2.75, 3.05) is 0 Å². The Labute approximate surface area is 99.4 Å². The van der Waals surface area contributed by atoms with Gasteiger partial charge in [-0.25, -0.2) is 0 Å². The van der Waals surface area contributed by atoms with Crippen LogP contribution in [0.3, 0.4) is 0 Å². The fourth-order valence-corrected chi connectivity index (χ4v) is 2.01. The van der Waals surface area contributed by atoms with Crippen LogP contribution in [0.5, 0.6) is 0 Å². The van der Waals surface area contributed by atoms with Gasteiger partial charge in [-0.15, -0.1) is 0 Å². The second kappa shape index (κ2) is 6.51. The van der Waals surface area contributed by atoms with E-state index in [1.807, 2.05) is 17.9 Å². The highest BCUT2D eigenvalue weighted by molar-refractivity contribution is 5.54. The maximum atomic E-state index is 4.33. The van der Waals surface area contributed by atoms with E-state index in [-0.39, 0.29) is 0 Å². The van der Waals surface area contributed by atoms with Gasteiger partial charge in [0.05, 0.1) is 6.20 Å². The summed E-state index contributed by atoms with van der Waals surface area (Å²) >= 11 is 0. The number of nitrogens with zero attached hydrogens (tertiary/aromatic N) is 2. The maximum Gasteiger partial charge on any atom is 0.0565 e. The van der Waals surface area contributed by atoms with Crippen molar-refractivity contribution in [2.24, 2.45) is 7.05 Å². The molecular weight excluding hydrogens is 196 g/mol. The second-order valence-corrected chi connectivity index (χ2v) is 4.28. The van der Waals surface area contributed by atoms with Crippen molar-refractivity contribution in [3.05, 3.63) is 23.0 Å². The van der Waals surface area contributed by atoms with E-state index in [9.17, 15) is 0 Å². The quantitative estimate of drug-likeness (QED) is 0.709. The predicted molar refractivity (Wildman–Crippen MR) is 70.4 cm³/mol. The normalized spacial score (nSPS) is 12.1. The van der Waals surface area contributed by atoms with E-state index in [1.165, 1.54) is 30.5 Å². The summed E-state index contributed by atoms with van der Waals surface area (Å²) in [7, 11) is 2.02. The standard InChI is InChI=1S/C14H24N2/c1-5-8-9-12(6-2)10-13-11-15-16(4)14(13)7-3/h10-11H,5-9H2,1-4H3/b12-10+. The molecule has 1 aromatic heterocycles. The average molecular weight is 220 g/mol. The largest absolute Gasteiger partial charge is 0.272 e. The van der Waals surface area contributed by atoms with Crippen LogP contribution >= 0.6 is 0 Å². The van der Waals surface area contributed by atoms with Crippen molar-refractivity contribution >= 4 is 6.08 Å². The van der Waals surface area contributed by atoms with Crippen LogP contribution < -0.4 is 0 Å². The molecule has 90 valence electrons. The van der Waals surface area contributed by atoms with Crippen LogP contribution in [0.1, 0.15) is 57.7 Å². The summed E-state index contributed by atoms with van der Waals surface area (Å²) in [6.45, 7) is 6.67. The van der Waals surface area contributed by atoms with Crippen molar-refractivity contribution in [1.29, 1.82) is 0 Å². The lowest BCUT2D eigenvalue weighted by Crippen LogP contribution is -1.97. The van der Waals surface area contributed by atoms with E-state index in [0.29, 0.717) is 0 Å². The van der Waals surface area contributed by atoms with Crippen LogP contribution in [0.4, 0.5) is 0 Å². The lowest BCUT2D eigenvalue weighted by molar-refractivity contribution is 0.717. The first-order valence-corrected chi connectivity index (χ1v) is 6.43. The summed E-state index contributed by atoms with van der Waals surface area (Å²) in [4.78, 5) is 0. The molecule has 0 saturated heterocycles. The van der Waals surface area contributed by atoms with Gasteiger partial charge in [0, 0.05) is 18.3 Å². The first-order valence-electron chi connectivity index (χ1n) is 6.43. The zero-order valence-corrected chi connectivity index (χ0v) is 11.1. The van der Waals surface area contributed by atoms with Crippen LogP contribution in [-0.4, -0.2) is 9.78 Å². The minimum absolute atomic E-state index is 1.05. The average Bonchev–Trinajstić information content (AvgIpc) is 2.64. The van der Waals surface area contributed by atoms with E-state index in [0.717, 1.165) is 12.8 Å². The molecule has 16 heavy (non-hydrogen) atoms. The van der Waals surface area contributed by atoms with Gasteiger partial charge in [-0.05, 0) is 25.7 Å². The summed E-state index contributed by atoms with van der Waals surface area (Å²) in [5, 5.41) is 4.33. The topological polar surface area (TPSA) is 17.8 Å². The van der Waals surface area contributed by atoms with Crippen molar-refractivity contribution in [2.45, 2.75) is 52.9 Å². The number of hydrogen-bond acceptors (Lipinski definition) is 1. The smallest absolute Gasteiger partial charge is 0.0565 e. The van der Waals surface area contributed by atoms with Gasteiger partial charge in [-0.3, -0.25) is 4.68 Å². The Morgan fingerprint density at radius 3 is 2.69 bits per heavy atom. The van der Waals surface area contributed by atoms with E-state index in [4.69, 9.17) is 0 Å². The molecule has 0 fully saturated rings. The number of hydrogen-bond donors (Lipinski definition) is 0. The van der Waals surface area contributed by atoms with Gasteiger partial charge in [0.2, 0.25) is 0 Å². The lowest BCUT2D eigenvalue weighted by atomic mass is 10.0. The van der Waals surface area contributed by atoms with Gasteiger partial charge in [-0.1, -0.05) is 38.8 Å². The highest BCUT2D eigenvalue weighted by Gasteiger charge is 2.04. The summed E-state index contributed by atoms with van der Waals surface area (Å²) in [5.74, 6) is 0. The van der Waals surface area contributed by atoms with E-state index >= 15 is 0 Å². The molecule has 0 aliphatic rings. The van der Waals surface area contributed by atoms with Crippen LogP contribution in [0.15, 0.2) is 11.8 Å². The highest BCUT2D eigenvalue weighted by atomic mass is 15.3. The van der Waals surface area contributed by atoms with Crippen LogP contribution in [0, 0.1) is 0 Å². The molecule has 2 nitrogen and oxygen atoms in total. The van der Waals surface area contributed by atoms with Gasteiger partial charge in [-0.2, -0.15) is 5.10 Å². The molecular formula is C14H24N2. The number of aryl methyl sites for hydroxylation is 1. The third-order valence-corrected chi connectivity index (χ3v) is 3.09. The molecule has 2 heteroatoms. The van der Waals surface area contributed by atoms with E-state index in [2.05, 4.69) is 31.9 Å². The molecule has 0 radical (unpaired) electrons. The van der Waals surface area contributed by atoms with E-state index in [1.54, 1.807) is 5.57 Å². The molecule has 0 aromatic carbocycles. The van der Waals surface area contributed by atoms with Crippen LogP contribution in [0.2, 0.25) is 0 Å². The fraction of sp³-hybridized carbons (Fsp3) is 0.643. The minimum Gasteiger partial charge on any atom is -0.272 e. The Balaban J connectivity index is 2.85. The molecule has 0 spiro atoms. The van der Waals surface area contributed by atoms with Gasteiger partial charge in [0.1, 0.15) is 0 Å². The maximum absolute atomic E-state index is 4.33. The van der Waals surface area contributed by atoms with Crippen molar-refractivity contribution < 1.29 is 0 Å². The minimum atomic E-state index is 1.05. The number of unbranched alkanes of at least 4 members (excludes halogenated alkanes) is 1. The molecule has 0 bridgehead atoms. The Hall–Kier alpha value is -1.05. The van der Waals surface area contributed by atoms with Crippen molar-refractivity contribution in [3.8, 4) is 0 Å². The molecule has 1 aromatic rings. The monoisotopic (exact) mass is 220 g/mol. The first kappa shape index (κ1) is 13.0. The highest BCUT2D eigenvalue weighted by Crippen LogP contribution is 2.18. The molecule has 1 heterocycles. The second-order valence-electron chi connectivity index (χ2n) is 4.28. The molecule has 0 atom stereocenters. The zero-order chi connectivity index (χ0) is 12.0. The summed E-state index contributed by atoms with van der Waals surface area (Å²) in [6.07, 6.45) is 10.3. The third kappa shape index (κ3) is 3.22. The third-order valence-electron chi connectivity index (χ3n) is 3.09. The van der Waals surface area contributed by atoms with Crippen LogP contribution in [0.25, 0.3) is 6.08 Å². The number of aromatic nitrogens is 2. The molecule has 0 unspecified atom stereocenters. The molecule has 1 rings (SSSR count). The summed E-state index contributed by atoms with van der Waals surface area (Å²) in [5.41, 5.74) is 4.19. The molecule has 0 aliphatic carbocycles. The van der Waals surface area contributed by atoms with Crippen molar-refractivity contribution in [1.82, 2.24) is 9.78 Å². The number of allylic oxidation sites excluding steroid dienone is 1. The fourth-order valence-electron chi connectivity index (χ4n) is 2.01. The van der Waals surface area contributed by atoms with Gasteiger partial charge >= 0.3 is 0 Å². The Bertz CT molecular complexity index is 348. The summed E-state index contributed by atoms with van der Waals surface area (Å²) < 4.78 is 1.99. The van der Waals surface area contributed by atoms with Gasteiger partial charge in [0.15, 0.2) is 0 Å². The molecule has 0 amide bonds. The van der Waals surface area contributed by atoms with Gasteiger partial charge < -0.3 is 0 Å². The van der Waals surface area contributed by atoms with Crippen LogP contribution in [-0.2, 0) is 13.5 Å². The first-order chi connectivity index (χ1) is 7.72. The summed E-state index contributed by atoms with van der Waals surface area (Å²) in [6, 6.07) is 0. The SMILES string of the molecule is CCCC/C(=C/c1cnn(C)c1CC)CC. The predicted octanol–water partition coefficient (Wildman–Crippen LogP) is 3.97. The van der Waals surface area contributed by atoms with Gasteiger partial charge in [0.25, 0.3) is 0 Å².